The van der Waals surface area contributed by atoms with E-state index in [0.29, 0.717) is 16.4 Å². The Morgan fingerprint density at radius 3 is 2.62 bits per heavy atom. The lowest BCUT2D eigenvalue weighted by Gasteiger charge is -2.09. The van der Waals surface area contributed by atoms with Crippen molar-refractivity contribution in [2.24, 2.45) is 5.10 Å². The van der Waals surface area contributed by atoms with Crippen LogP contribution in [-0.2, 0) is 0 Å². The number of nitrogens with one attached hydrogen (secondary N) is 2. The third kappa shape index (κ3) is 3.87. The van der Waals surface area contributed by atoms with Gasteiger partial charge in [-0.3, -0.25) is 15.2 Å². The van der Waals surface area contributed by atoms with Gasteiger partial charge in [0.05, 0.1) is 17.6 Å². The van der Waals surface area contributed by atoms with E-state index in [9.17, 15) is 14.7 Å². The first kappa shape index (κ1) is 18.0. The lowest BCUT2D eigenvalue weighted by Crippen LogP contribution is -2.31. The maximum atomic E-state index is 12.1. The van der Waals surface area contributed by atoms with Crippen LogP contribution in [0.5, 0.6) is 5.88 Å². The molecule has 0 unspecified atom stereocenters. The Kier molecular flexibility index (Phi) is 5.24. The van der Waals surface area contributed by atoms with E-state index in [0.717, 1.165) is 15.3 Å². The summed E-state index contributed by atoms with van der Waals surface area (Å²) in [5.74, 6) is -0.539. The van der Waals surface area contributed by atoms with Gasteiger partial charge in [-0.1, -0.05) is 33.6 Å². The number of benzene rings is 2. The lowest BCUT2D eigenvalue weighted by molar-refractivity contribution is 0.430. The molecular weight excluding hydrogens is 424 g/mol. The van der Waals surface area contributed by atoms with E-state index in [4.69, 9.17) is 11.6 Å². The van der Waals surface area contributed by atoms with Gasteiger partial charge in [-0.25, -0.2) is 9.36 Å². The van der Waals surface area contributed by atoms with Crippen LogP contribution in [0.3, 0.4) is 0 Å². The average molecular weight is 436 g/mol. The van der Waals surface area contributed by atoms with Crippen molar-refractivity contribution in [2.75, 3.05) is 5.43 Å². The highest BCUT2D eigenvalue weighted by molar-refractivity contribution is 9.10. The van der Waals surface area contributed by atoms with Crippen LogP contribution < -0.4 is 16.7 Å². The zero-order chi connectivity index (χ0) is 18.7. The number of hydrogen-bond donors (Lipinski definition) is 3. The van der Waals surface area contributed by atoms with Gasteiger partial charge in [-0.2, -0.15) is 5.10 Å². The van der Waals surface area contributed by atoms with Crippen molar-refractivity contribution in [2.45, 2.75) is 0 Å². The van der Waals surface area contributed by atoms with Crippen molar-refractivity contribution in [3.63, 3.8) is 0 Å². The standard InChI is InChI=1S/C17H12BrClN4O3/c18-10-4-6-12(7-5-10)22-20-9-14-15(24)21-17(26)23(16(14)25)13-3-1-2-11(19)8-13/h1-9,22,25H,(H,21,24,26). The molecule has 26 heavy (non-hydrogen) atoms. The second kappa shape index (κ2) is 7.59. The molecule has 7 nitrogen and oxygen atoms in total. The molecule has 132 valence electrons. The van der Waals surface area contributed by atoms with Gasteiger partial charge in [-0.15, -0.1) is 0 Å². The Hall–Kier alpha value is -2.84. The molecule has 0 bridgehead atoms. The van der Waals surface area contributed by atoms with Crippen LogP contribution in [0.25, 0.3) is 5.69 Å². The minimum Gasteiger partial charge on any atom is -0.493 e. The first-order valence-corrected chi connectivity index (χ1v) is 8.51. The Morgan fingerprint density at radius 2 is 1.92 bits per heavy atom. The van der Waals surface area contributed by atoms with Crippen LogP contribution in [0.1, 0.15) is 5.56 Å². The second-order valence-corrected chi connectivity index (χ2v) is 6.54. The third-order valence-electron chi connectivity index (χ3n) is 3.42. The van der Waals surface area contributed by atoms with Gasteiger partial charge in [0.25, 0.3) is 5.56 Å². The number of anilines is 1. The van der Waals surface area contributed by atoms with Gasteiger partial charge in [-0.05, 0) is 42.5 Å². The predicted octanol–water partition coefficient (Wildman–Crippen LogP) is 3.09. The molecule has 0 saturated carbocycles. The van der Waals surface area contributed by atoms with Crippen molar-refractivity contribution in [1.29, 1.82) is 0 Å². The van der Waals surface area contributed by atoms with Crippen LogP contribution in [0.15, 0.2) is 67.7 Å². The Morgan fingerprint density at radius 1 is 1.19 bits per heavy atom. The quantitative estimate of drug-likeness (QED) is 0.433. The molecule has 0 radical (unpaired) electrons. The molecule has 3 rings (SSSR count). The molecule has 0 aliphatic rings. The first-order valence-electron chi connectivity index (χ1n) is 7.34. The summed E-state index contributed by atoms with van der Waals surface area (Å²) in [5.41, 5.74) is 2.02. The highest BCUT2D eigenvalue weighted by Crippen LogP contribution is 2.19. The molecule has 0 saturated heterocycles. The summed E-state index contributed by atoms with van der Waals surface area (Å²) in [6.45, 7) is 0. The molecule has 0 spiro atoms. The van der Waals surface area contributed by atoms with E-state index in [1.54, 1.807) is 30.3 Å². The number of nitrogens with zero attached hydrogens (tertiary/aromatic N) is 2. The molecule has 1 aromatic heterocycles. The summed E-state index contributed by atoms with van der Waals surface area (Å²) in [6.07, 6.45) is 1.14. The number of hydrazone groups is 1. The zero-order valence-corrected chi connectivity index (χ0v) is 15.5. The monoisotopic (exact) mass is 434 g/mol. The number of halogens is 2. The lowest BCUT2D eigenvalue weighted by atomic mass is 10.3. The summed E-state index contributed by atoms with van der Waals surface area (Å²) >= 11 is 9.25. The van der Waals surface area contributed by atoms with E-state index >= 15 is 0 Å². The Balaban J connectivity index is 1.98. The second-order valence-electron chi connectivity index (χ2n) is 5.19. The first-order chi connectivity index (χ1) is 12.5. The molecular formula is C17H12BrClN4O3. The fourth-order valence-corrected chi connectivity index (χ4v) is 2.65. The topological polar surface area (TPSA) is 99.5 Å². The van der Waals surface area contributed by atoms with E-state index in [2.05, 4.69) is 31.4 Å². The number of hydrogen-bond acceptors (Lipinski definition) is 5. The van der Waals surface area contributed by atoms with Crippen molar-refractivity contribution < 1.29 is 5.11 Å². The van der Waals surface area contributed by atoms with Gasteiger partial charge in [0.15, 0.2) is 0 Å². The van der Waals surface area contributed by atoms with Gasteiger partial charge in [0.1, 0.15) is 5.56 Å². The number of aromatic nitrogens is 2. The summed E-state index contributed by atoms with van der Waals surface area (Å²) in [7, 11) is 0. The molecule has 0 atom stereocenters. The molecule has 3 N–H and O–H groups in total. The molecule has 2 aromatic carbocycles. The molecule has 1 heterocycles. The van der Waals surface area contributed by atoms with Crippen LogP contribution >= 0.6 is 27.5 Å². The molecule has 9 heteroatoms. The van der Waals surface area contributed by atoms with Crippen LogP contribution in [0, 0.1) is 0 Å². The van der Waals surface area contributed by atoms with Crippen molar-refractivity contribution in [3.05, 3.63) is 84.4 Å². The van der Waals surface area contributed by atoms with Crippen LogP contribution in [0.2, 0.25) is 5.02 Å². The normalized spacial score (nSPS) is 11.0. The Bertz CT molecular complexity index is 1090. The largest absolute Gasteiger partial charge is 0.493 e. The molecule has 0 amide bonds. The van der Waals surface area contributed by atoms with Crippen molar-refractivity contribution in [1.82, 2.24) is 9.55 Å². The maximum absolute atomic E-state index is 12.1. The van der Waals surface area contributed by atoms with Gasteiger partial charge < -0.3 is 5.11 Å². The van der Waals surface area contributed by atoms with Gasteiger partial charge in [0.2, 0.25) is 5.88 Å². The smallest absolute Gasteiger partial charge is 0.335 e. The summed E-state index contributed by atoms with van der Waals surface area (Å²) in [5, 5.41) is 14.7. The SMILES string of the molecule is O=c1[nH]c(=O)n(-c2cccc(Cl)c2)c(O)c1C=NNc1ccc(Br)cc1. The minimum absolute atomic E-state index is 0.172. The van der Waals surface area contributed by atoms with Gasteiger partial charge >= 0.3 is 5.69 Å². The summed E-state index contributed by atoms with van der Waals surface area (Å²) in [4.78, 5) is 26.3. The minimum atomic E-state index is -0.784. The highest BCUT2D eigenvalue weighted by Gasteiger charge is 2.14. The highest BCUT2D eigenvalue weighted by atomic mass is 79.9. The van der Waals surface area contributed by atoms with E-state index in [-0.39, 0.29) is 5.56 Å². The van der Waals surface area contributed by atoms with Crippen molar-refractivity contribution in [3.8, 4) is 11.6 Å². The third-order valence-corrected chi connectivity index (χ3v) is 4.18. The molecule has 0 aliphatic heterocycles. The Labute approximate surface area is 160 Å². The fraction of sp³-hybridized carbons (Fsp3) is 0. The molecule has 0 aliphatic carbocycles. The summed E-state index contributed by atoms with van der Waals surface area (Å²) in [6, 6.07) is 13.5. The predicted molar refractivity (Wildman–Crippen MR) is 105 cm³/mol. The maximum Gasteiger partial charge on any atom is 0.335 e. The average Bonchev–Trinajstić information content (AvgIpc) is 2.59. The van der Waals surface area contributed by atoms with Crippen LogP contribution in [0.4, 0.5) is 5.69 Å². The van der Waals surface area contributed by atoms with E-state index < -0.39 is 17.1 Å². The van der Waals surface area contributed by atoms with E-state index in [1.807, 2.05) is 12.1 Å². The number of H-pyrrole nitrogens is 1. The van der Waals surface area contributed by atoms with Crippen LogP contribution in [-0.4, -0.2) is 20.9 Å². The number of rotatable bonds is 4. The number of aromatic amines is 1. The molecule has 0 fully saturated rings. The van der Waals surface area contributed by atoms with E-state index in [1.165, 1.54) is 6.07 Å². The molecule has 3 aromatic rings. The fourth-order valence-electron chi connectivity index (χ4n) is 2.21. The zero-order valence-electron chi connectivity index (χ0n) is 13.1. The number of aromatic hydroxyl groups is 1. The summed E-state index contributed by atoms with van der Waals surface area (Å²) < 4.78 is 1.85. The van der Waals surface area contributed by atoms with Gasteiger partial charge in [0, 0.05) is 9.50 Å². The van der Waals surface area contributed by atoms with Crippen molar-refractivity contribution >= 4 is 39.4 Å².